The monoisotopic (exact) mass is 436 g/mol. The third kappa shape index (κ3) is 4.74. The Kier molecular flexibility index (Phi) is 6.50. The Balaban J connectivity index is 1.40. The summed E-state index contributed by atoms with van der Waals surface area (Å²) in [6.45, 7) is 7.44. The second kappa shape index (κ2) is 9.45. The highest BCUT2D eigenvalue weighted by Gasteiger charge is 2.14. The molecule has 0 saturated carbocycles. The molecule has 0 N–H and O–H groups in total. The summed E-state index contributed by atoms with van der Waals surface area (Å²) < 4.78 is 8.07. The number of nitrogens with zero attached hydrogens (tertiary/aromatic N) is 4. The van der Waals surface area contributed by atoms with Gasteiger partial charge in [0, 0.05) is 23.2 Å². The van der Waals surface area contributed by atoms with E-state index in [2.05, 4.69) is 58.3 Å². The second-order valence-electron chi connectivity index (χ2n) is 7.00. The van der Waals surface area contributed by atoms with Crippen LogP contribution in [0.5, 0.6) is 5.75 Å². The Hall–Kier alpha value is -2.64. The number of para-hydroxylation sites is 1. The Morgan fingerprint density at radius 2 is 1.83 bits per heavy atom. The molecule has 0 amide bonds. The molecule has 4 aromatic rings. The Morgan fingerprint density at radius 3 is 2.60 bits per heavy atom. The van der Waals surface area contributed by atoms with Gasteiger partial charge in [-0.1, -0.05) is 59.8 Å². The van der Waals surface area contributed by atoms with Crippen molar-refractivity contribution in [3.63, 3.8) is 0 Å². The van der Waals surface area contributed by atoms with Crippen molar-refractivity contribution in [1.29, 1.82) is 0 Å². The lowest BCUT2D eigenvalue weighted by Crippen LogP contribution is -2.07. The summed E-state index contributed by atoms with van der Waals surface area (Å²) in [5.41, 5.74) is 4.59. The number of hydrogen-bond acceptors (Lipinski definition) is 6. The van der Waals surface area contributed by atoms with Crippen LogP contribution in [0, 0.1) is 13.8 Å². The number of aryl methyl sites for hydroxylation is 2. The lowest BCUT2D eigenvalue weighted by molar-refractivity contribution is 0.286. The van der Waals surface area contributed by atoms with Crippen LogP contribution in [0.3, 0.4) is 0 Å². The number of ether oxygens (including phenoxy) is 1. The predicted octanol–water partition coefficient (Wildman–Crippen LogP) is 5.91. The molecule has 0 aliphatic heterocycles. The molecule has 2 aromatic heterocycles. The first kappa shape index (κ1) is 20.6. The molecule has 0 saturated heterocycles. The van der Waals surface area contributed by atoms with E-state index in [0.717, 1.165) is 50.9 Å². The summed E-state index contributed by atoms with van der Waals surface area (Å²) in [5.74, 6) is 2.48. The average Bonchev–Trinajstić information content (AvgIpc) is 3.39. The van der Waals surface area contributed by atoms with Crippen LogP contribution in [0.4, 0.5) is 0 Å². The largest absolute Gasteiger partial charge is 0.485 e. The van der Waals surface area contributed by atoms with E-state index in [1.807, 2.05) is 31.2 Å². The van der Waals surface area contributed by atoms with Crippen molar-refractivity contribution >= 4 is 23.1 Å². The smallest absolute Gasteiger partial charge is 0.191 e. The summed E-state index contributed by atoms with van der Waals surface area (Å²) in [4.78, 5) is 4.79. The van der Waals surface area contributed by atoms with E-state index < -0.39 is 0 Å². The van der Waals surface area contributed by atoms with Gasteiger partial charge in [-0.2, -0.15) is 0 Å². The fourth-order valence-corrected chi connectivity index (χ4v) is 4.90. The molecule has 0 fully saturated rings. The van der Waals surface area contributed by atoms with E-state index in [9.17, 15) is 0 Å². The summed E-state index contributed by atoms with van der Waals surface area (Å²) in [7, 11) is 0. The van der Waals surface area contributed by atoms with Crippen LogP contribution in [-0.4, -0.2) is 19.7 Å². The highest BCUT2D eigenvalue weighted by Crippen LogP contribution is 2.28. The Labute approximate surface area is 185 Å². The number of thioether (sulfide) groups is 1. The van der Waals surface area contributed by atoms with Crippen molar-refractivity contribution in [2.24, 2.45) is 0 Å². The van der Waals surface area contributed by atoms with Crippen molar-refractivity contribution in [2.75, 3.05) is 0 Å². The topological polar surface area (TPSA) is 52.8 Å². The molecule has 0 aliphatic carbocycles. The highest BCUT2D eigenvalue weighted by atomic mass is 32.2. The Bertz CT molecular complexity index is 1120. The first-order chi connectivity index (χ1) is 14.6. The minimum absolute atomic E-state index is 0.403. The lowest BCUT2D eigenvalue weighted by atomic mass is 10.2. The van der Waals surface area contributed by atoms with E-state index in [0.29, 0.717) is 6.61 Å². The highest BCUT2D eigenvalue weighted by molar-refractivity contribution is 7.98. The molecular weight excluding hydrogens is 412 g/mol. The number of benzene rings is 2. The van der Waals surface area contributed by atoms with Crippen LogP contribution in [0.25, 0.3) is 10.6 Å². The fraction of sp³-hybridized carbons (Fsp3) is 0.261. The maximum atomic E-state index is 5.96. The summed E-state index contributed by atoms with van der Waals surface area (Å²) >= 11 is 3.34. The lowest BCUT2D eigenvalue weighted by Gasteiger charge is -2.10. The summed E-state index contributed by atoms with van der Waals surface area (Å²) in [6, 6.07) is 16.5. The zero-order valence-corrected chi connectivity index (χ0v) is 19.0. The van der Waals surface area contributed by atoms with Crippen LogP contribution in [0.2, 0.25) is 0 Å². The normalized spacial score (nSPS) is 11.0. The zero-order chi connectivity index (χ0) is 20.9. The third-order valence-electron chi connectivity index (χ3n) is 4.76. The molecule has 0 unspecified atom stereocenters. The Morgan fingerprint density at radius 1 is 1.03 bits per heavy atom. The van der Waals surface area contributed by atoms with Gasteiger partial charge in [0.25, 0.3) is 0 Å². The quantitative estimate of drug-likeness (QED) is 0.321. The van der Waals surface area contributed by atoms with Gasteiger partial charge in [-0.15, -0.1) is 21.5 Å². The van der Waals surface area contributed by atoms with E-state index in [-0.39, 0.29) is 0 Å². The number of rotatable bonds is 8. The first-order valence-electron chi connectivity index (χ1n) is 9.88. The molecule has 2 heterocycles. The van der Waals surface area contributed by atoms with Gasteiger partial charge < -0.3 is 9.30 Å². The zero-order valence-electron chi connectivity index (χ0n) is 17.3. The number of aromatic nitrogens is 4. The van der Waals surface area contributed by atoms with Gasteiger partial charge >= 0.3 is 0 Å². The predicted molar refractivity (Wildman–Crippen MR) is 123 cm³/mol. The molecular formula is C23H24N4OS2. The molecule has 7 heteroatoms. The van der Waals surface area contributed by atoms with E-state index in [4.69, 9.17) is 9.72 Å². The number of hydrogen-bond donors (Lipinski definition) is 0. The van der Waals surface area contributed by atoms with Gasteiger partial charge in [-0.3, -0.25) is 0 Å². The van der Waals surface area contributed by atoms with Crippen LogP contribution in [-0.2, 0) is 18.9 Å². The van der Waals surface area contributed by atoms with Gasteiger partial charge in [0.05, 0.1) is 5.69 Å². The number of thiazole rings is 1. The van der Waals surface area contributed by atoms with Gasteiger partial charge in [0.15, 0.2) is 11.0 Å². The third-order valence-corrected chi connectivity index (χ3v) is 6.70. The molecule has 0 aliphatic rings. The van der Waals surface area contributed by atoms with Crippen LogP contribution >= 0.6 is 23.1 Å². The van der Waals surface area contributed by atoms with Crippen LogP contribution in [0.1, 0.15) is 29.6 Å². The van der Waals surface area contributed by atoms with Crippen molar-refractivity contribution in [1.82, 2.24) is 19.7 Å². The molecule has 0 atom stereocenters. The second-order valence-corrected chi connectivity index (χ2v) is 8.80. The maximum absolute atomic E-state index is 5.96. The van der Waals surface area contributed by atoms with Crippen molar-refractivity contribution in [2.45, 2.75) is 44.8 Å². The molecule has 0 bridgehead atoms. The molecule has 4 rings (SSSR count). The average molecular weight is 437 g/mol. The van der Waals surface area contributed by atoms with E-state index in [1.54, 1.807) is 23.1 Å². The molecule has 154 valence electrons. The van der Waals surface area contributed by atoms with Crippen molar-refractivity contribution < 1.29 is 4.74 Å². The minimum atomic E-state index is 0.403. The van der Waals surface area contributed by atoms with Crippen molar-refractivity contribution in [3.05, 3.63) is 76.6 Å². The fourth-order valence-electron chi connectivity index (χ4n) is 3.05. The molecule has 0 radical (unpaired) electrons. The maximum Gasteiger partial charge on any atom is 0.191 e. The van der Waals surface area contributed by atoms with Gasteiger partial charge in [-0.25, -0.2) is 4.98 Å². The molecule has 5 nitrogen and oxygen atoms in total. The minimum Gasteiger partial charge on any atom is -0.485 e. The SMILES string of the molecule is CCn1c(COc2ccccc2C)nnc1SCc1csc(-c2ccc(C)cc2)n1. The van der Waals surface area contributed by atoms with E-state index >= 15 is 0 Å². The van der Waals surface area contributed by atoms with Gasteiger partial charge in [0.1, 0.15) is 17.4 Å². The van der Waals surface area contributed by atoms with Crippen molar-refractivity contribution in [3.8, 4) is 16.3 Å². The van der Waals surface area contributed by atoms with Crippen LogP contribution in [0.15, 0.2) is 59.1 Å². The van der Waals surface area contributed by atoms with Gasteiger partial charge in [0.2, 0.25) is 0 Å². The first-order valence-corrected chi connectivity index (χ1v) is 11.8. The molecule has 30 heavy (non-hydrogen) atoms. The van der Waals surface area contributed by atoms with Crippen LogP contribution < -0.4 is 4.74 Å². The summed E-state index contributed by atoms with van der Waals surface area (Å²) in [5, 5.41) is 12.8. The molecule has 0 spiro atoms. The van der Waals surface area contributed by atoms with E-state index in [1.165, 1.54) is 5.56 Å². The standard InChI is InChI=1S/C23H24N4OS2/c1-4-27-21(13-28-20-8-6-5-7-17(20)3)25-26-23(27)30-15-19-14-29-22(24-19)18-11-9-16(2)10-12-18/h5-12,14H,4,13,15H2,1-3H3. The summed E-state index contributed by atoms with van der Waals surface area (Å²) in [6.07, 6.45) is 0. The molecule has 2 aromatic carbocycles. The van der Waals surface area contributed by atoms with Gasteiger partial charge in [-0.05, 0) is 32.4 Å².